The highest BCUT2D eigenvalue weighted by atomic mass is 16.5. The number of Topliss-reactive ketones (excluding diaryl/α,β-unsaturated/α-hetero) is 1. The number of ether oxygens (including phenoxy) is 3. The lowest BCUT2D eigenvalue weighted by Gasteiger charge is -2.31. The smallest absolute Gasteiger partial charge is 0.336 e. The van der Waals surface area contributed by atoms with Crippen LogP contribution in [0.15, 0.2) is 36.4 Å². The lowest BCUT2D eigenvalue weighted by molar-refractivity contribution is -0.168. The van der Waals surface area contributed by atoms with Gasteiger partial charge in [0.05, 0.1) is 13.0 Å². The van der Waals surface area contributed by atoms with Crippen LogP contribution in [0.4, 0.5) is 0 Å². The van der Waals surface area contributed by atoms with Gasteiger partial charge in [-0.2, -0.15) is 0 Å². The van der Waals surface area contributed by atoms with Crippen LogP contribution in [0.3, 0.4) is 0 Å². The van der Waals surface area contributed by atoms with Crippen LogP contribution in [0.5, 0.6) is 5.75 Å². The molecule has 0 bridgehead atoms. The monoisotopic (exact) mass is 671 g/mol. The second kappa shape index (κ2) is 25.4. The van der Waals surface area contributed by atoms with E-state index in [0.717, 1.165) is 38.5 Å². The predicted octanol–water partition coefficient (Wildman–Crippen LogP) is 5.97. The normalized spacial score (nSPS) is 13.5. The fourth-order valence-corrected chi connectivity index (χ4v) is 5.31. The number of hydrogen-bond acceptors (Lipinski definition) is 8. The van der Waals surface area contributed by atoms with Gasteiger partial charge in [0.15, 0.2) is 5.60 Å². The van der Waals surface area contributed by atoms with Gasteiger partial charge in [-0.3, -0.25) is 9.59 Å². The summed E-state index contributed by atoms with van der Waals surface area (Å²) < 4.78 is 15.5. The summed E-state index contributed by atoms with van der Waals surface area (Å²) in [6.45, 7) is 4.33. The molecule has 1 rings (SSSR count). The van der Waals surface area contributed by atoms with Crippen molar-refractivity contribution in [1.82, 2.24) is 5.32 Å². The van der Waals surface area contributed by atoms with Crippen LogP contribution >= 0.6 is 0 Å². The van der Waals surface area contributed by atoms with Crippen molar-refractivity contribution in [2.24, 2.45) is 5.92 Å². The molecule has 0 aliphatic heterocycles. The van der Waals surface area contributed by atoms with Gasteiger partial charge in [-0.05, 0) is 63.1 Å². The van der Waals surface area contributed by atoms with E-state index in [9.17, 15) is 29.4 Å². The molecule has 10 nitrogen and oxygen atoms in total. The molecule has 0 saturated heterocycles. The van der Waals surface area contributed by atoms with E-state index < -0.39 is 35.4 Å². The van der Waals surface area contributed by atoms with Crippen molar-refractivity contribution in [3.63, 3.8) is 0 Å². The number of methoxy groups -OCH3 is 2. The largest absolute Gasteiger partial charge is 0.481 e. The zero-order valence-electron chi connectivity index (χ0n) is 29.4. The number of carbonyl (C=O) groups excluding carboxylic acids is 3. The zero-order chi connectivity index (χ0) is 35.6. The summed E-state index contributed by atoms with van der Waals surface area (Å²) in [5.74, 6) is 1.92. The third-order valence-electron chi connectivity index (χ3n) is 8.19. The molecule has 0 unspecified atom stereocenters. The fraction of sp³-hybridized carbons (Fsp3) is 0.632. The topological polar surface area (TPSA) is 148 Å². The van der Waals surface area contributed by atoms with Crippen molar-refractivity contribution >= 4 is 23.6 Å². The van der Waals surface area contributed by atoms with Crippen LogP contribution in [0.25, 0.3) is 0 Å². The number of aliphatic hydroxyl groups is 1. The summed E-state index contributed by atoms with van der Waals surface area (Å²) in [5.41, 5.74) is -1.73. The standard InChI is InChI=1S/C38H57NO9/c1-5-7-9-12-15-19-31(40)20-16-13-10-11-14-17-21-33(38(45,37(43)44)26-18-27-46-3)35(41)39-34(36(42)47-4)29-30-22-24-32(25-23-30)48-28-8-6-2/h17,21-25,33-34,45H,5,7,9-16,18-20,26-29H2,1-4H3,(H,39,41)(H,43,44)/b21-17+/t33-,34+,38+/m1/s1. The summed E-state index contributed by atoms with van der Waals surface area (Å²) >= 11 is 0. The van der Waals surface area contributed by atoms with Gasteiger partial charge in [0, 0.05) is 33.0 Å². The number of carbonyl (C=O) groups is 4. The first kappa shape index (κ1) is 42.3. The maximum Gasteiger partial charge on any atom is 0.336 e. The van der Waals surface area contributed by atoms with Gasteiger partial charge in [-0.25, -0.2) is 9.59 Å². The lowest BCUT2D eigenvalue weighted by Crippen LogP contribution is -2.54. The summed E-state index contributed by atoms with van der Waals surface area (Å²) in [6, 6.07) is 5.81. The Bertz CT molecular complexity index is 1180. The third kappa shape index (κ3) is 16.9. The minimum absolute atomic E-state index is 0.0699. The number of aliphatic carboxylic acids is 1. The molecule has 3 N–H and O–H groups in total. The zero-order valence-corrected chi connectivity index (χ0v) is 29.4. The number of nitrogens with one attached hydrogen (secondary N) is 1. The van der Waals surface area contributed by atoms with Gasteiger partial charge >= 0.3 is 11.9 Å². The number of ketones is 1. The van der Waals surface area contributed by atoms with Crippen LogP contribution in [0.1, 0.15) is 109 Å². The number of allylic oxidation sites excluding steroid dienone is 1. The highest BCUT2D eigenvalue weighted by molar-refractivity contribution is 5.92. The maximum atomic E-state index is 13.7. The Morgan fingerprint density at radius 3 is 2.17 bits per heavy atom. The summed E-state index contributed by atoms with van der Waals surface area (Å²) in [7, 11) is 2.67. The Morgan fingerprint density at radius 2 is 1.58 bits per heavy atom. The summed E-state index contributed by atoms with van der Waals surface area (Å²) in [4.78, 5) is 50.9. The predicted molar refractivity (Wildman–Crippen MR) is 185 cm³/mol. The first-order valence-electron chi connectivity index (χ1n) is 17.2. The molecule has 0 heterocycles. The van der Waals surface area contributed by atoms with Crippen molar-refractivity contribution in [3.8, 4) is 17.6 Å². The summed E-state index contributed by atoms with van der Waals surface area (Å²) in [5, 5.41) is 24.1. The van der Waals surface area contributed by atoms with Crippen molar-refractivity contribution in [1.29, 1.82) is 0 Å². The van der Waals surface area contributed by atoms with Gasteiger partial charge < -0.3 is 29.7 Å². The molecule has 0 aromatic heterocycles. The average molecular weight is 672 g/mol. The Kier molecular flexibility index (Phi) is 22.4. The molecule has 0 radical (unpaired) electrons. The molecule has 268 valence electrons. The van der Waals surface area contributed by atoms with Gasteiger partial charge in [-0.15, -0.1) is 5.92 Å². The Morgan fingerprint density at radius 1 is 0.938 bits per heavy atom. The molecule has 0 saturated carbocycles. The van der Waals surface area contributed by atoms with Crippen molar-refractivity contribution in [2.45, 2.75) is 122 Å². The maximum absolute atomic E-state index is 13.7. The fourth-order valence-electron chi connectivity index (χ4n) is 5.31. The molecule has 48 heavy (non-hydrogen) atoms. The molecule has 0 aliphatic rings. The first-order chi connectivity index (χ1) is 23.1. The van der Waals surface area contributed by atoms with E-state index >= 15 is 0 Å². The number of carboxylic acid groups (broad SMARTS) is 1. The molecule has 10 heteroatoms. The van der Waals surface area contributed by atoms with E-state index in [1.54, 1.807) is 37.3 Å². The summed E-state index contributed by atoms with van der Waals surface area (Å²) in [6.07, 6.45) is 14.0. The highest BCUT2D eigenvalue weighted by Crippen LogP contribution is 2.27. The number of benzene rings is 1. The van der Waals surface area contributed by atoms with Crippen LogP contribution in [0.2, 0.25) is 0 Å². The molecule has 1 aromatic rings. The Labute approximate surface area is 287 Å². The quantitative estimate of drug-likeness (QED) is 0.0445. The second-order valence-electron chi connectivity index (χ2n) is 12.0. The minimum atomic E-state index is -2.43. The number of rotatable bonds is 27. The van der Waals surface area contributed by atoms with Gasteiger partial charge in [0.25, 0.3) is 0 Å². The number of amides is 1. The lowest BCUT2D eigenvalue weighted by atomic mass is 9.82. The SMILES string of the molecule is CC#CCOc1ccc(C[C@H](NC(=O)[C@@H](/C=C/CCCCCCC(=O)CCCCCCC)[C@@](O)(CCCOC)C(=O)O)C(=O)OC)cc1. The highest BCUT2D eigenvalue weighted by Gasteiger charge is 2.47. The van der Waals surface area contributed by atoms with E-state index in [-0.39, 0.29) is 32.5 Å². The van der Waals surface area contributed by atoms with Crippen LogP contribution in [-0.4, -0.2) is 72.9 Å². The van der Waals surface area contributed by atoms with Crippen LogP contribution < -0.4 is 10.1 Å². The molecule has 1 amide bonds. The van der Waals surface area contributed by atoms with E-state index in [1.165, 1.54) is 39.6 Å². The molecule has 0 aliphatic carbocycles. The average Bonchev–Trinajstić information content (AvgIpc) is 3.07. The molecule has 3 atom stereocenters. The number of esters is 1. The van der Waals surface area contributed by atoms with E-state index in [4.69, 9.17) is 14.2 Å². The van der Waals surface area contributed by atoms with Crippen LogP contribution in [0, 0.1) is 17.8 Å². The molecule has 0 fully saturated rings. The van der Waals surface area contributed by atoms with Crippen LogP contribution in [-0.2, 0) is 35.1 Å². The van der Waals surface area contributed by atoms with E-state index in [1.807, 2.05) is 0 Å². The minimum Gasteiger partial charge on any atom is -0.481 e. The molecular weight excluding hydrogens is 614 g/mol. The number of unbranched alkanes of at least 4 members (excludes halogenated alkanes) is 8. The molecular formula is C38H57NO9. The van der Waals surface area contributed by atoms with Gasteiger partial charge in [0.2, 0.25) is 5.91 Å². The Balaban J connectivity index is 2.90. The van der Waals surface area contributed by atoms with Gasteiger partial charge in [0.1, 0.15) is 24.2 Å². The number of carboxylic acids is 1. The molecule has 1 aromatic carbocycles. The van der Waals surface area contributed by atoms with Gasteiger partial charge in [-0.1, -0.05) is 75.7 Å². The van der Waals surface area contributed by atoms with E-state index in [2.05, 4.69) is 24.1 Å². The van der Waals surface area contributed by atoms with Crippen molar-refractivity contribution in [2.75, 3.05) is 27.4 Å². The first-order valence-corrected chi connectivity index (χ1v) is 17.2. The number of hydrogen-bond donors (Lipinski definition) is 3. The van der Waals surface area contributed by atoms with Crippen molar-refractivity contribution in [3.05, 3.63) is 42.0 Å². The third-order valence-corrected chi connectivity index (χ3v) is 8.19. The molecule has 0 spiro atoms. The Hall–Kier alpha value is -3.68. The second-order valence-corrected chi connectivity index (χ2v) is 12.0. The van der Waals surface area contributed by atoms with Crippen molar-refractivity contribution < 1.29 is 43.6 Å². The van der Waals surface area contributed by atoms with E-state index in [0.29, 0.717) is 36.4 Å².